The number of rotatable bonds is 5. The van der Waals surface area contributed by atoms with E-state index >= 15 is 0 Å². The lowest BCUT2D eigenvalue weighted by Crippen LogP contribution is -2.61. The van der Waals surface area contributed by atoms with Crippen molar-refractivity contribution in [3.63, 3.8) is 0 Å². The molecule has 0 atom stereocenters. The molecule has 0 unspecified atom stereocenters. The number of methoxy groups -OCH3 is 2. The standard InChI is InChI=1S/C28H36Cl2N6O5/c1-27(2,3)41-26(38)34-9-7-28(8-10-34)12-17(13-28)36-23-16(14-32-24(31-4)33-23)15-35(25(36)37)22-20(29)18(39-5)11-19(40-6)21(22)30/h11,14,17H,7-10,12-13,15H2,1-6H3,(H,31,32,33). The molecule has 41 heavy (non-hydrogen) atoms. The van der Waals surface area contributed by atoms with Crippen LogP contribution in [0.5, 0.6) is 11.5 Å². The van der Waals surface area contributed by atoms with Crippen molar-refractivity contribution in [1.82, 2.24) is 14.9 Å². The lowest BCUT2D eigenvalue weighted by atomic mass is 9.60. The van der Waals surface area contributed by atoms with Crippen LogP contribution in [0.1, 0.15) is 52.0 Å². The summed E-state index contributed by atoms with van der Waals surface area (Å²) in [5.41, 5.74) is 0.578. The molecule has 1 N–H and O–H groups in total. The second kappa shape index (κ2) is 10.9. The molecule has 13 heteroatoms. The number of urea groups is 1. The molecule has 1 aromatic carbocycles. The van der Waals surface area contributed by atoms with E-state index < -0.39 is 5.60 Å². The molecule has 2 aliphatic heterocycles. The van der Waals surface area contributed by atoms with E-state index in [2.05, 4.69) is 15.3 Å². The number of likely N-dealkylation sites (tertiary alicyclic amines) is 1. The average molecular weight is 608 g/mol. The Labute approximate surface area is 250 Å². The van der Waals surface area contributed by atoms with E-state index in [-0.39, 0.29) is 40.2 Å². The van der Waals surface area contributed by atoms with E-state index in [4.69, 9.17) is 37.4 Å². The number of fused-ring (bicyclic) bond motifs is 1. The molecular formula is C28H36Cl2N6O5. The molecule has 1 saturated carbocycles. The quantitative estimate of drug-likeness (QED) is 0.443. The fraction of sp³-hybridized carbons (Fsp3) is 0.571. The van der Waals surface area contributed by atoms with Gasteiger partial charge in [-0.05, 0) is 51.9 Å². The Hall–Kier alpha value is -3.18. The van der Waals surface area contributed by atoms with Crippen molar-refractivity contribution in [2.45, 2.75) is 64.6 Å². The van der Waals surface area contributed by atoms with Gasteiger partial charge in [-0.15, -0.1) is 0 Å². The Morgan fingerprint density at radius 1 is 1.10 bits per heavy atom. The zero-order valence-corrected chi connectivity index (χ0v) is 25.7. The Morgan fingerprint density at radius 2 is 1.71 bits per heavy atom. The summed E-state index contributed by atoms with van der Waals surface area (Å²) >= 11 is 13.5. The molecule has 222 valence electrons. The topological polar surface area (TPSA) is 109 Å². The Balaban J connectivity index is 1.42. The Morgan fingerprint density at radius 3 is 2.24 bits per heavy atom. The number of ether oxygens (including phenoxy) is 3. The normalized spacial score (nSPS) is 18.6. The third-order valence-corrected chi connectivity index (χ3v) is 8.79. The first kappa shape index (κ1) is 29.3. The monoisotopic (exact) mass is 606 g/mol. The van der Waals surface area contributed by atoms with Crippen LogP contribution in [0.3, 0.4) is 0 Å². The number of aromatic nitrogens is 2. The summed E-state index contributed by atoms with van der Waals surface area (Å²) < 4.78 is 16.5. The fourth-order valence-electron chi connectivity index (χ4n) is 5.93. The molecule has 3 amide bonds. The van der Waals surface area contributed by atoms with Crippen LogP contribution in [0.2, 0.25) is 10.0 Å². The highest BCUT2D eigenvalue weighted by Gasteiger charge is 2.52. The zero-order chi connectivity index (χ0) is 29.7. The van der Waals surface area contributed by atoms with Gasteiger partial charge in [-0.2, -0.15) is 4.98 Å². The highest BCUT2D eigenvalue weighted by molar-refractivity contribution is 6.42. The number of halogens is 2. The van der Waals surface area contributed by atoms with Gasteiger partial charge in [0.1, 0.15) is 33.0 Å². The summed E-state index contributed by atoms with van der Waals surface area (Å²) in [5, 5.41) is 3.39. The number of nitrogens with one attached hydrogen (secondary N) is 1. The highest BCUT2D eigenvalue weighted by atomic mass is 35.5. The maximum absolute atomic E-state index is 14.3. The van der Waals surface area contributed by atoms with E-state index in [0.717, 1.165) is 31.2 Å². The largest absolute Gasteiger partial charge is 0.495 e. The molecule has 0 radical (unpaired) electrons. The number of carbonyl (C=O) groups is 2. The van der Waals surface area contributed by atoms with Crippen molar-refractivity contribution >= 4 is 52.8 Å². The molecule has 1 saturated heterocycles. The second-order valence-electron chi connectivity index (χ2n) is 11.8. The number of carbonyl (C=O) groups excluding carboxylic acids is 2. The minimum atomic E-state index is -0.533. The number of nitrogens with zero attached hydrogens (tertiary/aromatic N) is 5. The second-order valence-corrected chi connectivity index (χ2v) is 12.6. The summed E-state index contributed by atoms with van der Waals surface area (Å²) in [4.78, 5) is 41.0. The van der Waals surface area contributed by atoms with E-state index in [1.54, 1.807) is 29.1 Å². The fourth-order valence-corrected chi connectivity index (χ4v) is 6.64. The van der Waals surface area contributed by atoms with Gasteiger partial charge in [0.15, 0.2) is 0 Å². The van der Waals surface area contributed by atoms with Crippen LogP contribution in [0, 0.1) is 5.41 Å². The van der Waals surface area contributed by atoms with Crippen molar-refractivity contribution in [2.24, 2.45) is 5.41 Å². The predicted molar refractivity (Wildman–Crippen MR) is 158 cm³/mol. The van der Waals surface area contributed by atoms with Crippen molar-refractivity contribution < 1.29 is 23.8 Å². The van der Waals surface area contributed by atoms with Crippen molar-refractivity contribution in [3.05, 3.63) is 27.9 Å². The van der Waals surface area contributed by atoms with E-state index in [9.17, 15) is 9.59 Å². The van der Waals surface area contributed by atoms with Gasteiger partial charge in [0, 0.05) is 44.0 Å². The molecule has 3 heterocycles. The van der Waals surface area contributed by atoms with Crippen LogP contribution in [0.15, 0.2) is 12.3 Å². The number of benzene rings is 1. The maximum atomic E-state index is 14.3. The van der Waals surface area contributed by atoms with Gasteiger partial charge in [-0.3, -0.25) is 9.80 Å². The van der Waals surface area contributed by atoms with Crippen molar-refractivity contribution in [2.75, 3.05) is 49.5 Å². The van der Waals surface area contributed by atoms with Crippen molar-refractivity contribution in [1.29, 1.82) is 0 Å². The molecule has 5 rings (SSSR count). The van der Waals surface area contributed by atoms with Gasteiger partial charge in [0.2, 0.25) is 5.95 Å². The van der Waals surface area contributed by atoms with Crippen LogP contribution < -0.4 is 24.6 Å². The molecule has 2 fully saturated rings. The minimum absolute atomic E-state index is 0.0409. The van der Waals surface area contributed by atoms with Crippen LogP contribution in [-0.4, -0.2) is 73.0 Å². The highest BCUT2D eigenvalue weighted by Crippen LogP contribution is 2.54. The first-order chi connectivity index (χ1) is 19.4. The molecule has 1 aliphatic carbocycles. The Bertz CT molecular complexity index is 1320. The summed E-state index contributed by atoms with van der Waals surface area (Å²) in [6.45, 7) is 7.03. The van der Waals surface area contributed by atoms with Crippen molar-refractivity contribution in [3.8, 4) is 11.5 Å². The van der Waals surface area contributed by atoms with Crippen LogP contribution in [0.25, 0.3) is 0 Å². The third-order valence-electron chi connectivity index (χ3n) is 8.06. The van der Waals surface area contributed by atoms with Gasteiger partial charge in [0.25, 0.3) is 0 Å². The zero-order valence-electron chi connectivity index (χ0n) is 24.2. The SMILES string of the molecule is CNc1ncc2c(n1)N(C1CC3(CCN(C(=O)OC(C)(C)C)CC3)C1)C(=O)N(c1c(Cl)c(OC)cc(OC)c1Cl)C2. The smallest absolute Gasteiger partial charge is 0.410 e. The van der Waals surface area contributed by atoms with Gasteiger partial charge >= 0.3 is 12.1 Å². The number of anilines is 3. The van der Waals surface area contributed by atoms with E-state index in [1.807, 2.05) is 20.8 Å². The van der Waals surface area contributed by atoms with Crippen LogP contribution in [-0.2, 0) is 11.3 Å². The lowest BCUT2D eigenvalue weighted by Gasteiger charge is -2.55. The number of piperidine rings is 1. The predicted octanol–water partition coefficient (Wildman–Crippen LogP) is 5.97. The van der Waals surface area contributed by atoms with Crippen LogP contribution >= 0.6 is 23.2 Å². The third kappa shape index (κ3) is 5.41. The van der Waals surface area contributed by atoms with Gasteiger partial charge in [0.05, 0.1) is 26.5 Å². The molecule has 11 nitrogen and oxygen atoms in total. The molecule has 1 aromatic heterocycles. The number of hydrogen-bond acceptors (Lipinski definition) is 8. The first-order valence-corrected chi connectivity index (χ1v) is 14.4. The molecule has 1 spiro atoms. The molecule has 3 aliphatic rings. The maximum Gasteiger partial charge on any atom is 0.410 e. The number of hydrogen-bond donors (Lipinski definition) is 1. The first-order valence-electron chi connectivity index (χ1n) is 13.6. The van der Waals surface area contributed by atoms with Gasteiger partial charge in [-0.25, -0.2) is 14.6 Å². The summed E-state index contributed by atoms with van der Waals surface area (Å²) in [7, 11) is 4.72. The average Bonchev–Trinajstić information content (AvgIpc) is 2.91. The van der Waals surface area contributed by atoms with Gasteiger partial charge < -0.3 is 24.4 Å². The molecule has 2 aromatic rings. The molecule has 0 bridgehead atoms. The summed E-state index contributed by atoms with van der Waals surface area (Å²) in [6.07, 6.45) is 4.70. The number of amides is 3. The van der Waals surface area contributed by atoms with E-state index in [0.29, 0.717) is 42.0 Å². The molecular weight excluding hydrogens is 571 g/mol. The summed E-state index contributed by atoms with van der Waals surface area (Å²) in [5.74, 6) is 1.68. The van der Waals surface area contributed by atoms with Gasteiger partial charge in [-0.1, -0.05) is 23.2 Å². The summed E-state index contributed by atoms with van der Waals surface area (Å²) in [6, 6.07) is 1.21. The van der Waals surface area contributed by atoms with Crippen LogP contribution in [0.4, 0.5) is 27.0 Å². The minimum Gasteiger partial charge on any atom is -0.495 e. The lowest BCUT2D eigenvalue weighted by molar-refractivity contribution is -0.0111. The Kier molecular flexibility index (Phi) is 7.80. The van der Waals surface area contributed by atoms with E-state index in [1.165, 1.54) is 19.1 Å².